The Morgan fingerprint density at radius 2 is 1.09 bits per heavy atom. The van der Waals surface area contributed by atoms with Crippen molar-refractivity contribution in [3.05, 3.63) is 12.2 Å². The SMILES string of the molecule is C=C(C)C(=O)O.CCCCCCCCOCCCCCCCC. The zero-order valence-electron chi connectivity index (χ0n) is 15.9. The van der Waals surface area contributed by atoms with Gasteiger partial charge in [-0.3, -0.25) is 0 Å². The van der Waals surface area contributed by atoms with Crippen LogP contribution in [-0.4, -0.2) is 24.3 Å². The second-order valence-corrected chi connectivity index (χ2v) is 6.23. The first-order valence-corrected chi connectivity index (χ1v) is 9.52. The van der Waals surface area contributed by atoms with Crippen molar-refractivity contribution < 1.29 is 14.6 Å². The number of hydrogen-bond donors (Lipinski definition) is 1. The van der Waals surface area contributed by atoms with E-state index in [2.05, 4.69) is 20.4 Å². The van der Waals surface area contributed by atoms with Crippen molar-refractivity contribution in [2.24, 2.45) is 0 Å². The number of hydrogen-bond acceptors (Lipinski definition) is 2. The molecule has 0 saturated carbocycles. The molecule has 0 bridgehead atoms. The van der Waals surface area contributed by atoms with E-state index in [9.17, 15) is 4.79 Å². The lowest BCUT2D eigenvalue weighted by Gasteiger charge is -2.04. The Kier molecular flexibility index (Phi) is 22.5. The quantitative estimate of drug-likeness (QED) is 0.280. The molecule has 0 aliphatic rings. The van der Waals surface area contributed by atoms with Gasteiger partial charge in [-0.15, -0.1) is 0 Å². The second kappa shape index (κ2) is 21.2. The van der Waals surface area contributed by atoms with Crippen molar-refractivity contribution in [1.82, 2.24) is 0 Å². The van der Waals surface area contributed by atoms with Crippen molar-refractivity contribution in [2.45, 2.75) is 97.8 Å². The van der Waals surface area contributed by atoms with Gasteiger partial charge in [-0.2, -0.15) is 0 Å². The van der Waals surface area contributed by atoms with E-state index in [1.807, 2.05) is 0 Å². The Morgan fingerprint density at radius 1 is 0.783 bits per heavy atom. The fraction of sp³-hybridized carbons (Fsp3) is 0.850. The summed E-state index contributed by atoms with van der Waals surface area (Å²) in [4.78, 5) is 9.60. The Morgan fingerprint density at radius 3 is 1.39 bits per heavy atom. The third-order valence-corrected chi connectivity index (χ3v) is 3.65. The highest BCUT2D eigenvalue weighted by molar-refractivity contribution is 5.84. The molecule has 0 amide bonds. The van der Waals surface area contributed by atoms with E-state index in [4.69, 9.17) is 9.84 Å². The summed E-state index contributed by atoms with van der Waals surface area (Å²) >= 11 is 0. The number of ether oxygens (including phenoxy) is 1. The molecule has 1 N–H and O–H groups in total. The number of unbranched alkanes of at least 4 members (excludes halogenated alkanes) is 10. The Hall–Kier alpha value is -0.830. The summed E-state index contributed by atoms with van der Waals surface area (Å²) in [5, 5.41) is 7.89. The number of carboxylic acid groups (broad SMARTS) is 1. The largest absolute Gasteiger partial charge is 0.478 e. The highest BCUT2D eigenvalue weighted by Crippen LogP contribution is 2.06. The summed E-state index contributed by atoms with van der Waals surface area (Å²) in [7, 11) is 0. The minimum Gasteiger partial charge on any atom is -0.478 e. The van der Waals surface area contributed by atoms with Crippen molar-refractivity contribution in [1.29, 1.82) is 0 Å². The van der Waals surface area contributed by atoms with Crippen molar-refractivity contribution in [3.8, 4) is 0 Å². The zero-order chi connectivity index (χ0) is 17.8. The zero-order valence-corrected chi connectivity index (χ0v) is 15.9. The second-order valence-electron chi connectivity index (χ2n) is 6.23. The van der Waals surface area contributed by atoms with Crippen LogP contribution in [0.2, 0.25) is 0 Å². The van der Waals surface area contributed by atoms with Crippen LogP contribution < -0.4 is 0 Å². The van der Waals surface area contributed by atoms with Gasteiger partial charge in [0, 0.05) is 18.8 Å². The van der Waals surface area contributed by atoms with Crippen LogP contribution in [0.3, 0.4) is 0 Å². The predicted molar refractivity (Wildman–Crippen MR) is 100 cm³/mol. The Labute approximate surface area is 144 Å². The highest BCUT2D eigenvalue weighted by atomic mass is 16.5. The fourth-order valence-electron chi connectivity index (χ4n) is 2.07. The molecular weight excluding hydrogens is 288 g/mol. The van der Waals surface area contributed by atoms with Gasteiger partial charge in [-0.25, -0.2) is 4.79 Å². The van der Waals surface area contributed by atoms with Crippen LogP contribution in [0.25, 0.3) is 0 Å². The molecule has 0 saturated heterocycles. The maximum Gasteiger partial charge on any atom is 0.330 e. The van der Waals surface area contributed by atoms with Gasteiger partial charge in [0.1, 0.15) is 0 Å². The number of carbonyl (C=O) groups is 1. The van der Waals surface area contributed by atoms with E-state index in [1.165, 1.54) is 84.0 Å². The molecular formula is C20H40O3. The van der Waals surface area contributed by atoms with E-state index in [1.54, 1.807) is 0 Å². The summed E-state index contributed by atoms with van der Waals surface area (Å²) in [5.74, 6) is -0.935. The smallest absolute Gasteiger partial charge is 0.330 e. The van der Waals surface area contributed by atoms with Crippen molar-refractivity contribution >= 4 is 5.97 Å². The molecule has 0 rings (SSSR count). The molecule has 138 valence electrons. The normalized spacial score (nSPS) is 10.0. The summed E-state index contributed by atoms with van der Waals surface area (Å²) in [6.07, 6.45) is 16.3. The van der Waals surface area contributed by atoms with Crippen LogP contribution in [0, 0.1) is 0 Å². The third kappa shape index (κ3) is 26.4. The third-order valence-electron chi connectivity index (χ3n) is 3.65. The van der Waals surface area contributed by atoms with E-state index in [0.717, 1.165) is 13.2 Å². The lowest BCUT2D eigenvalue weighted by Crippen LogP contribution is -1.97. The molecule has 0 unspecified atom stereocenters. The molecule has 3 nitrogen and oxygen atoms in total. The van der Waals surface area contributed by atoms with Crippen LogP contribution in [0.4, 0.5) is 0 Å². The van der Waals surface area contributed by atoms with Gasteiger partial charge in [-0.1, -0.05) is 84.6 Å². The average Bonchev–Trinajstić information content (AvgIpc) is 2.52. The van der Waals surface area contributed by atoms with Gasteiger partial charge in [-0.05, 0) is 19.8 Å². The predicted octanol–water partition coefficient (Wildman–Crippen LogP) is 6.37. The molecule has 23 heavy (non-hydrogen) atoms. The molecule has 0 aromatic carbocycles. The summed E-state index contributed by atoms with van der Waals surface area (Å²) in [6, 6.07) is 0. The van der Waals surface area contributed by atoms with Crippen LogP contribution >= 0.6 is 0 Å². The lowest BCUT2D eigenvalue weighted by molar-refractivity contribution is -0.132. The van der Waals surface area contributed by atoms with E-state index in [0.29, 0.717) is 0 Å². The van der Waals surface area contributed by atoms with Crippen LogP contribution in [0.5, 0.6) is 0 Å². The highest BCUT2D eigenvalue weighted by Gasteiger charge is 1.93. The summed E-state index contributed by atoms with van der Waals surface area (Å²) in [6.45, 7) is 11.1. The Bertz CT molecular complexity index is 236. The molecule has 0 heterocycles. The van der Waals surface area contributed by atoms with Gasteiger partial charge in [0.15, 0.2) is 0 Å². The number of carboxylic acids is 1. The molecule has 0 radical (unpaired) electrons. The molecule has 0 aromatic rings. The standard InChI is InChI=1S/C16H34O.C4H6O2/c1-3-5-7-9-11-13-15-17-16-14-12-10-8-6-4-2;1-3(2)4(5)6/h3-16H2,1-2H3;1H2,2H3,(H,5,6). The fourth-order valence-corrected chi connectivity index (χ4v) is 2.07. The molecule has 3 heteroatoms. The molecule has 0 aliphatic heterocycles. The van der Waals surface area contributed by atoms with Crippen LogP contribution in [0.15, 0.2) is 12.2 Å². The Balaban J connectivity index is 0. The topological polar surface area (TPSA) is 46.5 Å². The molecule has 0 aromatic heterocycles. The van der Waals surface area contributed by atoms with E-state index in [-0.39, 0.29) is 5.57 Å². The monoisotopic (exact) mass is 328 g/mol. The number of aliphatic carboxylic acids is 1. The van der Waals surface area contributed by atoms with E-state index < -0.39 is 5.97 Å². The number of rotatable bonds is 15. The first-order valence-electron chi connectivity index (χ1n) is 9.52. The van der Waals surface area contributed by atoms with Crippen molar-refractivity contribution in [3.63, 3.8) is 0 Å². The van der Waals surface area contributed by atoms with Gasteiger partial charge in [0.05, 0.1) is 0 Å². The maximum absolute atomic E-state index is 9.60. The van der Waals surface area contributed by atoms with Gasteiger partial charge < -0.3 is 9.84 Å². The van der Waals surface area contributed by atoms with Crippen molar-refractivity contribution in [2.75, 3.05) is 13.2 Å². The van der Waals surface area contributed by atoms with E-state index >= 15 is 0 Å². The summed E-state index contributed by atoms with van der Waals surface area (Å²) in [5.41, 5.74) is 0.176. The van der Waals surface area contributed by atoms with Gasteiger partial charge in [0.2, 0.25) is 0 Å². The van der Waals surface area contributed by atoms with Gasteiger partial charge >= 0.3 is 5.97 Å². The lowest BCUT2D eigenvalue weighted by atomic mass is 10.1. The molecule has 0 spiro atoms. The maximum atomic E-state index is 9.60. The first kappa shape index (κ1) is 24.4. The summed E-state index contributed by atoms with van der Waals surface area (Å²) < 4.78 is 5.65. The molecule has 0 atom stereocenters. The van der Waals surface area contributed by atoms with Crippen LogP contribution in [-0.2, 0) is 9.53 Å². The minimum atomic E-state index is -0.935. The minimum absolute atomic E-state index is 0.176. The molecule has 0 fully saturated rings. The van der Waals surface area contributed by atoms with Gasteiger partial charge in [0.25, 0.3) is 0 Å². The first-order chi connectivity index (χ1) is 11.1. The molecule has 0 aliphatic carbocycles. The average molecular weight is 329 g/mol. The van der Waals surface area contributed by atoms with Crippen LogP contribution in [0.1, 0.15) is 97.8 Å².